The number of amides is 1. The zero-order chi connectivity index (χ0) is 11.3. The fourth-order valence-corrected chi connectivity index (χ4v) is 2.08. The summed E-state index contributed by atoms with van der Waals surface area (Å²) in [5, 5.41) is 3.54. The zero-order valence-electron chi connectivity index (χ0n) is 9.26. The van der Waals surface area contributed by atoms with E-state index in [-0.39, 0.29) is 11.8 Å². The Morgan fingerprint density at radius 2 is 2.13 bits per heavy atom. The Labute approximate surface area is 96.5 Å². The number of hydrogen-bond donors (Lipinski definition) is 1. The summed E-state index contributed by atoms with van der Waals surface area (Å²) in [6.45, 7) is 8.96. The number of nitrogens with zero attached hydrogens (tertiary/aromatic N) is 1. The van der Waals surface area contributed by atoms with Gasteiger partial charge in [0.1, 0.15) is 0 Å². The summed E-state index contributed by atoms with van der Waals surface area (Å²) in [5.74, 6) is 0.381. The second-order valence-corrected chi connectivity index (χ2v) is 4.50. The molecule has 0 aromatic heterocycles. The normalized spacial score (nSPS) is 18.8. The van der Waals surface area contributed by atoms with Gasteiger partial charge in [0.2, 0.25) is 5.91 Å². The number of nitrogens with one attached hydrogen (secondary N) is 1. The maximum Gasteiger partial charge on any atom is 0.223 e. The largest absolute Gasteiger partial charge is 0.356 e. The highest BCUT2D eigenvalue weighted by Gasteiger charge is 2.24. The number of piperidine rings is 1. The third-order valence-corrected chi connectivity index (χ3v) is 2.82. The van der Waals surface area contributed by atoms with E-state index in [1.165, 1.54) is 0 Å². The first kappa shape index (κ1) is 12.5. The highest BCUT2D eigenvalue weighted by molar-refractivity contribution is 6.29. The molecule has 15 heavy (non-hydrogen) atoms. The number of halogens is 1. The molecule has 0 spiro atoms. The Balaban J connectivity index is 2.29. The van der Waals surface area contributed by atoms with Gasteiger partial charge >= 0.3 is 0 Å². The van der Waals surface area contributed by atoms with Crippen LogP contribution in [-0.4, -0.2) is 37.0 Å². The third-order valence-electron chi connectivity index (χ3n) is 2.70. The molecule has 0 saturated carbocycles. The van der Waals surface area contributed by atoms with Crippen LogP contribution in [0, 0.1) is 5.92 Å². The second kappa shape index (κ2) is 6.13. The van der Waals surface area contributed by atoms with Gasteiger partial charge in [-0.05, 0) is 32.9 Å². The topological polar surface area (TPSA) is 32.3 Å². The van der Waals surface area contributed by atoms with Crippen molar-refractivity contribution in [1.29, 1.82) is 0 Å². The molecular formula is C11H19ClN2O. The highest BCUT2D eigenvalue weighted by atomic mass is 35.5. The van der Waals surface area contributed by atoms with E-state index < -0.39 is 0 Å². The van der Waals surface area contributed by atoms with Crippen LogP contribution in [0.25, 0.3) is 0 Å². The molecule has 0 aromatic carbocycles. The van der Waals surface area contributed by atoms with Crippen molar-refractivity contribution in [2.24, 2.45) is 5.92 Å². The summed E-state index contributed by atoms with van der Waals surface area (Å²) < 4.78 is 0. The molecule has 86 valence electrons. The van der Waals surface area contributed by atoms with E-state index in [0.717, 1.165) is 39.0 Å². The minimum Gasteiger partial charge on any atom is -0.356 e. The van der Waals surface area contributed by atoms with E-state index in [9.17, 15) is 4.79 Å². The van der Waals surface area contributed by atoms with E-state index in [2.05, 4.69) is 16.8 Å². The Morgan fingerprint density at radius 3 is 2.60 bits per heavy atom. The van der Waals surface area contributed by atoms with Gasteiger partial charge < -0.3 is 5.32 Å². The Bertz CT molecular complexity index is 235. The predicted molar refractivity (Wildman–Crippen MR) is 62.8 cm³/mol. The van der Waals surface area contributed by atoms with Crippen molar-refractivity contribution in [2.45, 2.75) is 19.8 Å². The molecule has 3 nitrogen and oxygen atoms in total. The summed E-state index contributed by atoms with van der Waals surface area (Å²) in [6.07, 6.45) is 1.85. The molecule has 1 rings (SSSR count). The van der Waals surface area contributed by atoms with Gasteiger partial charge in [-0.1, -0.05) is 18.2 Å². The first-order valence-electron chi connectivity index (χ1n) is 5.46. The summed E-state index contributed by atoms with van der Waals surface area (Å²) in [6, 6.07) is 0. The molecule has 1 aliphatic rings. The number of hydrogen-bond acceptors (Lipinski definition) is 2. The molecule has 0 unspecified atom stereocenters. The van der Waals surface area contributed by atoms with Crippen molar-refractivity contribution in [2.75, 3.05) is 26.2 Å². The maximum atomic E-state index is 11.6. The summed E-state index contributed by atoms with van der Waals surface area (Å²) in [5.41, 5.74) is 0. The van der Waals surface area contributed by atoms with Crippen LogP contribution in [0.5, 0.6) is 0 Å². The van der Waals surface area contributed by atoms with Crippen LogP contribution in [0.3, 0.4) is 0 Å². The standard InChI is InChI=1S/C11H19ClN2O/c1-3-13-11(15)10-4-6-14(7-5-10)8-9(2)12/h10H,2-8H2,1H3,(H,13,15). The predicted octanol–water partition coefficient (Wildman–Crippen LogP) is 1.59. The van der Waals surface area contributed by atoms with Gasteiger partial charge in [0.25, 0.3) is 0 Å². The van der Waals surface area contributed by atoms with E-state index in [1.807, 2.05) is 6.92 Å². The van der Waals surface area contributed by atoms with Gasteiger partial charge in [-0.25, -0.2) is 0 Å². The average molecular weight is 231 g/mol. The van der Waals surface area contributed by atoms with Crippen LogP contribution in [0.1, 0.15) is 19.8 Å². The smallest absolute Gasteiger partial charge is 0.223 e. The lowest BCUT2D eigenvalue weighted by Crippen LogP contribution is -2.40. The number of likely N-dealkylation sites (tertiary alicyclic amines) is 1. The third kappa shape index (κ3) is 4.22. The molecule has 0 aliphatic carbocycles. The zero-order valence-corrected chi connectivity index (χ0v) is 10.0. The van der Waals surface area contributed by atoms with Gasteiger partial charge in [0.15, 0.2) is 0 Å². The lowest BCUT2D eigenvalue weighted by atomic mass is 9.96. The van der Waals surface area contributed by atoms with Gasteiger partial charge in [-0.2, -0.15) is 0 Å². The minimum atomic E-state index is 0.185. The van der Waals surface area contributed by atoms with Crippen LogP contribution in [-0.2, 0) is 4.79 Å². The van der Waals surface area contributed by atoms with Crippen LogP contribution >= 0.6 is 11.6 Å². The quantitative estimate of drug-likeness (QED) is 0.796. The minimum absolute atomic E-state index is 0.185. The maximum absolute atomic E-state index is 11.6. The fourth-order valence-electron chi connectivity index (χ4n) is 1.91. The lowest BCUT2D eigenvalue weighted by Gasteiger charge is -2.30. The number of carbonyl (C=O) groups excluding carboxylic acids is 1. The van der Waals surface area contributed by atoms with Crippen molar-refractivity contribution in [1.82, 2.24) is 10.2 Å². The molecule has 1 fully saturated rings. The molecule has 0 bridgehead atoms. The van der Waals surface area contributed by atoms with Crippen molar-refractivity contribution in [3.63, 3.8) is 0 Å². The number of carbonyl (C=O) groups is 1. The SMILES string of the molecule is C=C(Cl)CN1CCC(C(=O)NCC)CC1. The van der Waals surface area contributed by atoms with E-state index in [0.29, 0.717) is 5.03 Å². The molecule has 0 aromatic rings. The molecule has 0 radical (unpaired) electrons. The van der Waals surface area contributed by atoms with Gasteiger partial charge in [0.05, 0.1) is 0 Å². The Kier molecular flexibility index (Phi) is 5.12. The fraction of sp³-hybridized carbons (Fsp3) is 0.727. The molecule has 1 amide bonds. The van der Waals surface area contributed by atoms with Crippen LogP contribution in [0.2, 0.25) is 0 Å². The van der Waals surface area contributed by atoms with Crippen molar-refractivity contribution in [3.8, 4) is 0 Å². The molecule has 1 N–H and O–H groups in total. The van der Waals surface area contributed by atoms with Crippen LogP contribution in [0.4, 0.5) is 0 Å². The average Bonchev–Trinajstić information content (AvgIpc) is 2.18. The number of rotatable bonds is 4. The van der Waals surface area contributed by atoms with E-state index in [1.54, 1.807) is 0 Å². The first-order valence-corrected chi connectivity index (χ1v) is 5.84. The molecule has 4 heteroatoms. The molecule has 1 saturated heterocycles. The molecular weight excluding hydrogens is 212 g/mol. The van der Waals surface area contributed by atoms with E-state index in [4.69, 9.17) is 11.6 Å². The van der Waals surface area contributed by atoms with Crippen molar-refractivity contribution in [3.05, 3.63) is 11.6 Å². The van der Waals surface area contributed by atoms with Gasteiger partial charge in [-0.3, -0.25) is 9.69 Å². The van der Waals surface area contributed by atoms with Crippen molar-refractivity contribution >= 4 is 17.5 Å². The second-order valence-electron chi connectivity index (χ2n) is 3.96. The van der Waals surface area contributed by atoms with Crippen LogP contribution in [0.15, 0.2) is 11.6 Å². The lowest BCUT2D eigenvalue weighted by molar-refractivity contribution is -0.126. The molecule has 1 heterocycles. The van der Waals surface area contributed by atoms with E-state index >= 15 is 0 Å². The summed E-state index contributed by atoms with van der Waals surface area (Å²) >= 11 is 5.74. The Morgan fingerprint density at radius 1 is 1.53 bits per heavy atom. The Hall–Kier alpha value is -0.540. The summed E-state index contributed by atoms with van der Waals surface area (Å²) in [4.78, 5) is 13.8. The summed E-state index contributed by atoms with van der Waals surface area (Å²) in [7, 11) is 0. The molecule has 1 aliphatic heterocycles. The van der Waals surface area contributed by atoms with Gasteiger partial charge in [-0.15, -0.1) is 0 Å². The molecule has 0 atom stereocenters. The monoisotopic (exact) mass is 230 g/mol. The van der Waals surface area contributed by atoms with Gasteiger partial charge in [0, 0.05) is 24.0 Å². The first-order chi connectivity index (χ1) is 7.13. The van der Waals surface area contributed by atoms with Crippen LogP contribution < -0.4 is 5.32 Å². The van der Waals surface area contributed by atoms with Crippen molar-refractivity contribution < 1.29 is 4.79 Å². The highest BCUT2D eigenvalue weighted by Crippen LogP contribution is 2.18.